The van der Waals surface area contributed by atoms with Crippen LogP contribution in [0.4, 0.5) is 11.5 Å². The molecule has 1 aliphatic heterocycles. The van der Waals surface area contributed by atoms with Crippen LogP contribution in [-0.4, -0.2) is 16.5 Å². The van der Waals surface area contributed by atoms with E-state index in [0.29, 0.717) is 0 Å². The summed E-state index contributed by atoms with van der Waals surface area (Å²) in [6.45, 7) is 1.77. The molecule has 0 atom stereocenters. The number of furan rings is 1. The van der Waals surface area contributed by atoms with Crippen molar-refractivity contribution in [3.05, 3.63) is 48.1 Å². The molecule has 0 saturated heterocycles. The molecule has 1 aromatic carbocycles. The minimum atomic E-state index is 0.800. The minimum Gasteiger partial charge on any atom is -0.462 e. The topological polar surface area (TPSA) is 63.0 Å². The van der Waals surface area contributed by atoms with Crippen LogP contribution in [0, 0.1) is 0 Å². The normalized spacial score (nSPS) is 14.2. The summed E-state index contributed by atoms with van der Waals surface area (Å²) in [7, 11) is 0. The maximum absolute atomic E-state index is 5.54. The summed E-state index contributed by atoms with van der Waals surface area (Å²) >= 11 is 0. The Hall–Kier alpha value is -2.40. The maximum Gasteiger partial charge on any atom is 0.138 e. The first-order chi connectivity index (χ1) is 9.92. The third kappa shape index (κ3) is 1.83. The van der Waals surface area contributed by atoms with Gasteiger partial charge in [-0.15, -0.1) is 0 Å². The molecule has 4 rings (SSSR count). The summed E-state index contributed by atoms with van der Waals surface area (Å²) in [6.07, 6.45) is 4.29. The van der Waals surface area contributed by atoms with Gasteiger partial charge < -0.3 is 15.1 Å². The Morgan fingerprint density at radius 1 is 1.20 bits per heavy atom. The number of benzene rings is 1. The number of nitrogens with one attached hydrogen (secondary N) is 2. The standard InChI is InChI=1S/C15H14N4O/c1-2-4-14-10(3-1)13(8-20-14)19-15-11-7-16-6-5-12(11)17-9-18-15/h1-4,8-9,16H,5-7H2,(H,17,18,19). The van der Waals surface area contributed by atoms with E-state index in [0.717, 1.165) is 53.2 Å². The second-order valence-corrected chi connectivity index (χ2v) is 4.84. The summed E-state index contributed by atoms with van der Waals surface area (Å²) in [6, 6.07) is 7.96. The zero-order valence-electron chi connectivity index (χ0n) is 10.9. The third-order valence-electron chi connectivity index (χ3n) is 3.61. The Morgan fingerprint density at radius 3 is 3.15 bits per heavy atom. The number of fused-ring (bicyclic) bond motifs is 2. The van der Waals surface area contributed by atoms with Crippen molar-refractivity contribution < 1.29 is 4.42 Å². The first-order valence-electron chi connectivity index (χ1n) is 6.68. The Labute approximate surface area is 116 Å². The lowest BCUT2D eigenvalue weighted by Gasteiger charge is -2.18. The van der Waals surface area contributed by atoms with Crippen LogP contribution in [0.5, 0.6) is 0 Å². The van der Waals surface area contributed by atoms with E-state index in [-0.39, 0.29) is 0 Å². The molecular formula is C15H14N4O. The molecule has 0 unspecified atom stereocenters. The van der Waals surface area contributed by atoms with Crippen molar-refractivity contribution in [2.24, 2.45) is 0 Å². The maximum atomic E-state index is 5.54. The molecule has 0 spiro atoms. The quantitative estimate of drug-likeness (QED) is 0.746. The fraction of sp³-hybridized carbons (Fsp3) is 0.200. The van der Waals surface area contributed by atoms with E-state index < -0.39 is 0 Å². The zero-order valence-corrected chi connectivity index (χ0v) is 10.9. The predicted molar refractivity (Wildman–Crippen MR) is 76.9 cm³/mol. The van der Waals surface area contributed by atoms with Gasteiger partial charge in [0.1, 0.15) is 24.0 Å². The van der Waals surface area contributed by atoms with Crippen molar-refractivity contribution in [3.63, 3.8) is 0 Å². The lowest BCUT2D eigenvalue weighted by molar-refractivity contribution is 0.616. The number of aromatic nitrogens is 2. The Kier molecular flexibility index (Phi) is 2.63. The number of nitrogens with zero attached hydrogens (tertiary/aromatic N) is 2. The van der Waals surface area contributed by atoms with Crippen LogP contribution in [-0.2, 0) is 13.0 Å². The van der Waals surface area contributed by atoms with Crippen LogP contribution in [0.15, 0.2) is 41.3 Å². The molecule has 2 aromatic heterocycles. The second-order valence-electron chi connectivity index (χ2n) is 4.84. The molecule has 0 saturated carbocycles. The number of rotatable bonds is 2. The largest absolute Gasteiger partial charge is 0.462 e. The molecular weight excluding hydrogens is 252 g/mol. The van der Waals surface area contributed by atoms with Crippen LogP contribution >= 0.6 is 0 Å². The van der Waals surface area contributed by atoms with Crippen molar-refractivity contribution in [1.29, 1.82) is 0 Å². The molecule has 0 amide bonds. The van der Waals surface area contributed by atoms with Gasteiger partial charge in [0, 0.05) is 30.5 Å². The van der Waals surface area contributed by atoms with Crippen LogP contribution in [0.2, 0.25) is 0 Å². The van der Waals surface area contributed by atoms with Gasteiger partial charge in [-0.2, -0.15) is 0 Å². The molecule has 0 radical (unpaired) electrons. The molecule has 100 valence electrons. The first kappa shape index (κ1) is 11.4. The van der Waals surface area contributed by atoms with Gasteiger partial charge in [0.25, 0.3) is 0 Å². The van der Waals surface area contributed by atoms with E-state index >= 15 is 0 Å². The average Bonchev–Trinajstić information content (AvgIpc) is 2.91. The smallest absolute Gasteiger partial charge is 0.138 e. The summed E-state index contributed by atoms with van der Waals surface area (Å²) in [5, 5.41) is 7.78. The van der Waals surface area contributed by atoms with E-state index in [9.17, 15) is 0 Å². The van der Waals surface area contributed by atoms with Crippen molar-refractivity contribution in [2.75, 3.05) is 11.9 Å². The summed E-state index contributed by atoms with van der Waals surface area (Å²) < 4.78 is 5.54. The molecule has 0 aliphatic carbocycles. The highest BCUT2D eigenvalue weighted by Crippen LogP contribution is 2.29. The Bertz CT molecular complexity index is 765. The summed E-state index contributed by atoms with van der Waals surface area (Å²) in [5.74, 6) is 0.855. The van der Waals surface area contributed by atoms with Gasteiger partial charge in [-0.3, -0.25) is 0 Å². The van der Waals surface area contributed by atoms with Gasteiger partial charge >= 0.3 is 0 Å². The van der Waals surface area contributed by atoms with E-state index in [4.69, 9.17) is 4.42 Å². The zero-order chi connectivity index (χ0) is 13.4. The van der Waals surface area contributed by atoms with Gasteiger partial charge in [0.15, 0.2) is 0 Å². The molecule has 1 aliphatic rings. The Morgan fingerprint density at radius 2 is 2.15 bits per heavy atom. The lowest BCUT2D eigenvalue weighted by Crippen LogP contribution is -2.25. The highest BCUT2D eigenvalue weighted by atomic mass is 16.3. The predicted octanol–water partition coefficient (Wildman–Crippen LogP) is 2.61. The van der Waals surface area contributed by atoms with Crippen LogP contribution in [0.1, 0.15) is 11.3 Å². The highest BCUT2D eigenvalue weighted by molar-refractivity contribution is 5.92. The molecule has 0 fully saturated rings. The van der Waals surface area contributed by atoms with Gasteiger partial charge in [0.2, 0.25) is 0 Å². The van der Waals surface area contributed by atoms with E-state index in [1.165, 1.54) is 0 Å². The molecule has 5 heteroatoms. The van der Waals surface area contributed by atoms with Gasteiger partial charge in [-0.25, -0.2) is 9.97 Å². The summed E-state index contributed by atoms with van der Waals surface area (Å²) in [5.41, 5.74) is 4.07. The fourth-order valence-electron chi connectivity index (χ4n) is 2.58. The third-order valence-corrected chi connectivity index (χ3v) is 3.61. The van der Waals surface area contributed by atoms with E-state index in [1.54, 1.807) is 12.6 Å². The van der Waals surface area contributed by atoms with Crippen molar-refractivity contribution in [3.8, 4) is 0 Å². The first-order valence-corrected chi connectivity index (χ1v) is 6.68. The fourth-order valence-corrected chi connectivity index (χ4v) is 2.58. The molecule has 3 heterocycles. The van der Waals surface area contributed by atoms with Crippen molar-refractivity contribution >= 4 is 22.5 Å². The van der Waals surface area contributed by atoms with Crippen LogP contribution in [0.3, 0.4) is 0 Å². The molecule has 0 bridgehead atoms. The number of anilines is 2. The second kappa shape index (κ2) is 4.61. The number of hydrogen-bond donors (Lipinski definition) is 2. The highest BCUT2D eigenvalue weighted by Gasteiger charge is 2.16. The van der Waals surface area contributed by atoms with Crippen molar-refractivity contribution in [1.82, 2.24) is 15.3 Å². The van der Waals surface area contributed by atoms with E-state index in [1.807, 2.05) is 24.3 Å². The SMILES string of the molecule is c1ccc2c(Nc3ncnc4c3CNCC4)coc2c1. The van der Waals surface area contributed by atoms with Gasteiger partial charge in [0.05, 0.1) is 11.4 Å². The van der Waals surface area contributed by atoms with Gasteiger partial charge in [-0.1, -0.05) is 12.1 Å². The summed E-state index contributed by atoms with van der Waals surface area (Å²) in [4.78, 5) is 8.73. The minimum absolute atomic E-state index is 0.800. The number of para-hydroxylation sites is 1. The van der Waals surface area contributed by atoms with E-state index in [2.05, 4.69) is 20.6 Å². The average molecular weight is 266 g/mol. The molecule has 3 aromatic rings. The lowest BCUT2D eigenvalue weighted by atomic mass is 10.1. The molecule has 5 nitrogen and oxygen atoms in total. The monoisotopic (exact) mass is 266 g/mol. The molecule has 2 N–H and O–H groups in total. The van der Waals surface area contributed by atoms with Crippen molar-refractivity contribution in [2.45, 2.75) is 13.0 Å². The molecule has 20 heavy (non-hydrogen) atoms. The van der Waals surface area contributed by atoms with Crippen LogP contribution < -0.4 is 10.6 Å². The number of hydrogen-bond acceptors (Lipinski definition) is 5. The van der Waals surface area contributed by atoms with Gasteiger partial charge in [-0.05, 0) is 12.1 Å². The Balaban J connectivity index is 1.76. The van der Waals surface area contributed by atoms with Crippen LogP contribution in [0.25, 0.3) is 11.0 Å².